The Kier molecular flexibility index (Phi) is 2.94. The number of aliphatic hydroxyl groups is 1. The van der Waals surface area contributed by atoms with Gasteiger partial charge in [0.05, 0.1) is 11.8 Å². The second-order valence-corrected chi connectivity index (χ2v) is 2.70. The zero-order chi connectivity index (χ0) is 8.97. The molecule has 0 aliphatic heterocycles. The number of hydrogen-bond acceptors (Lipinski definition) is 3. The highest BCUT2D eigenvalue weighted by Gasteiger charge is 2.00. The molecule has 3 N–H and O–H groups in total. The molecule has 0 aliphatic rings. The zero-order valence-corrected chi connectivity index (χ0v) is 7.03. The van der Waals surface area contributed by atoms with Crippen LogP contribution in [0.25, 0.3) is 0 Å². The second-order valence-electron chi connectivity index (χ2n) is 2.70. The summed E-state index contributed by atoms with van der Waals surface area (Å²) in [5.74, 6) is 0.624. The smallest absolute Gasteiger partial charge is 0.142 e. The number of nitrogen functional groups attached to an aromatic ring is 1. The SMILES string of the molecule is C[C@@H](O)COc1ccccc1N. The third-order valence-electron chi connectivity index (χ3n) is 1.40. The summed E-state index contributed by atoms with van der Waals surface area (Å²) in [6.45, 7) is 1.94. The lowest BCUT2D eigenvalue weighted by Gasteiger charge is -2.09. The molecule has 3 heteroatoms. The van der Waals surface area contributed by atoms with Gasteiger partial charge in [-0.25, -0.2) is 0 Å². The molecule has 0 bridgehead atoms. The molecule has 0 aromatic heterocycles. The first kappa shape index (κ1) is 8.87. The number of hydrogen-bond donors (Lipinski definition) is 2. The van der Waals surface area contributed by atoms with E-state index in [1.807, 2.05) is 12.1 Å². The van der Waals surface area contributed by atoms with E-state index in [1.54, 1.807) is 19.1 Å². The molecule has 66 valence electrons. The summed E-state index contributed by atoms with van der Waals surface area (Å²) in [6, 6.07) is 7.22. The molecule has 0 saturated heterocycles. The molecule has 0 fully saturated rings. The number of aliphatic hydroxyl groups excluding tert-OH is 1. The van der Waals surface area contributed by atoms with Crippen molar-refractivity contribution in [3.63, 3.8) is 0 Å². The Morgan fingerprint density at radius 3 is 2.75 bits per heavy atom. The molecule has 0 saturated carbocycles. The van der Waals surface area contributed by atoms with Gasteiger partial charge in [-0.05, 0) is 19.1 Å². The predicted octanol–water partition coefficient (Wildman–Crippen LogP) is 1.03. The van der Waals surface area contributed by atoms with Gasteiger partial charge in [-0.1, -0.05) is 12.1 Å². The summed E-state index contributed by atoms with van der Waals surface area (Å²) in [4.78, 5) is 0. The first-order chi connectivity index (χ1) is 5.70. The first-order valence-corrected chi connectivity index (χ1v) is 3.85. The monoisotopic (exact) mass is 167 g/mol. The molecule has 1 aromatic carbocycles. The maximum Gasteiger partial charge on any atom is 0.142 e. The Labute approximate surface area is 71.8 Å². The number of benzene rings is 1. The van der Waals surface area contributed by atoms with E-state index in [0.29, 0.717) is 11.4 Å². The van der Waals surface area contributed by atoms with Crippen molar-refractivity contribution in [1.29, 1.82) is 0 Å². The van der Waals surface area contributed by atoms with Crippen molar-refractivity contribution in [2.24, 2.45) is 0 Å². The third kappa shape index (κ3) is 2.43. The van der Waals surface area contributed by atoms with Crippen molar-refractivity contribution >= 4 is 5.69 Å². The van der Waals surface area contributed by atoms with Crippen LogP contribution in [-0.4, -0.2) is 17.8 Å². The molecular weight excluding hydrogens is 154 g/mol. The van der Waals surface area contributed by atoms with E-state index in [2.05, 4.69) is 0 Å². The van der Waals surface area contributed by atoms with E-state index in [9.17, 15) is 0 Å². The minimum absolute atomic E-state index is 0.272. The van der Waals surface area contributed by atoms with Crippen LogP contribution in [-0.2, 0) is 0 Å². The minimum atomic E-state index is -0.468. The van der Waals surface area contributed by atoms with E-state index in [1.165, 1.54) is 0 Å². The van der Waals surface area contributed by atoms with E-state index >= 15 is 0 Å². The van der Waals surface area contributed by atoms with Crippen LogP contribution in [0.1, 0.15) is 6.92 Å². The summed E-state index contributed by atoms with van der Waals surface area (Å²) in [5, 5.41) is 8.94. The summed E-state index contributed by atoms with van der Waals surface area (Å²) < 4.78 is 5.22. The number of para-hydroxylation sites is 2. The molecule has 0 unspecified atom stereocenters. The molecule has 0 aliphatic carbocycles. The molecule has 0 amide bonds. The standard InChI is InChI=1S/C9H13NO2/c1-7(11)6-12-9-5-3-2-4-8(9)10/h2-5,7,11H,6,10H2,1H3/t7-/m1/s1. The number of rotatable bonds is 3. The molecule has 1 rings (SSSR count). The van der Waals surface area contributed by atoms with Gasteiger partial charge in [-0.2, -0.15) is 0 Å². The van der Waals surface area contributed by atoms with Crippen LogP contribution in [0.3, 0.4) is 0 Å². The van der Waals surface area contributed by atoms with Gasteiger partial charge in [-0.3, -0.25) is 0 Å². The van der Waals surface area contributed by atoms with Crippen LogP contribution in [0.2, 0.25) is 0 Å². The zero-order valence-electron chi connectivity index (χ0n) is 7.03. The average molecular weight is 167 g/mol. The Bertz CT molecular complexity index is 248. The summed E-state index contributed by atoms with van der Waals surface area (Å²) in [5.41, 5.74) is 6.20. The molecule has 0 heterocycles. The van der Waals surface area contributed by atoms with E-state index < -0.39 is 6.10 Å². The van der Waals surface area contributed by atoms with Gasteiger partial charge in [0.1, 0.15) is 12.4 Å². The average Bonchev–Trinajstić information content (AvgIpc) is 2.03. The minimum Gasteiger partial charge on any atom is -0.489 e. The molecule has 0 radical (unpaired) electrons. The highest BCUT2D eigenvalue weighted by molar-refractivity contribution is 5.51. The lowest BCUT2D eigenvalue weighted by molar-refractivity contribution is 0.123. The van der Waals surface area contributed by atoms with Crippen molar-refractivity contribution in [2.75, 3.05) is 12.3 Å². The van der Waals surface area contributed by atoms with Gasteiger partial charge in [0.25, 0.3) is 0 Å². The lowest BCUT2D eigenvalue weighted by Crippen LogP contribution is -2.13. The Balaban J connectivity index is 2.57. The van der Waals surface area contributed by atoms with Gasteiger partial charge in [0.15, 0.2) is 0 Å². The quantitative estimate of drug-likeness (QED) is 0.661. The maximum atomic E-state index is 8.94. The van der Waals surface area contributed by atoms with Crippen LogP contribution in [0.15, 0.2) is 24.3 Å². The van der Waals surface area contributed by atoms with Gasteiger partial charge < -0.3 is 15.6 Å². The van der Waals surface area contributed by atoms with E-state index in [-0.39, 0.29) is 6.61 Å². The van der Waals surface area contributed by atoms with Crippen LogP contribution in [0, 0.1) is 0 Å². The van der Waals surface area contributed by atoms with Crippen molar-refractivity contribution < 1.29 is 9.84 Å². The van der Waals surface area contributed by atoms with Gasteiger partial charge >= 0.3 is 0 Å². The van der Waals surface area contributed by atoms with Crippen LogP contribution < -0.4 is 10.5 Å². The van der Waals surface area contributed by atoms with Crippen molar-refractivity contribution in [2.45, 2.75) is 13.0 Å². The predicted molar refractivity (Wildman–Crippen MR) is 48.0 cm³/mol. The fourth-order valence-electron chi connectivity index (χ4n) is 0.822. The first-order valence-electron chi connectivity index (χ1n) is 3.85. The van der Waals surface area contributed by atoms with Gasteiger partial charge in [-0.15, -0.1) is 0 Å². The summed E-state index contributed by atoms with van der Waals surface area (Å²) in [6.07, 6.45) is -0.468. The summed E-state index contributed by atoms with van der Waals surface area (Å²) >= 11 is 0. The topological polar surface area (TPSA) is 55.5 Å². The molecule has 3 nitrogen and oxygen atoms in total. The van der Waals surface area contributed by atoms with E-state index in [0.717, 1.165) is 0 Å². The molecular formula is C9H13NO2. The summed E-state index contributed by atoms with van der Waals surface area (Å²) in [7, 11) is 0. The largest absolute Gasteiger partial charge is 0.489 e. The molecule has 0 spiro atoms. The van der Waals surface area contributed by atoms with Gasteiger partial charge in [0, 0.05) is 0 Å². The fourth-order valence-corrected chi connectivity index (χ4v) is 0.822. The van der Waals surface area contributed by atoms with Gasteiger partial charge in [0.2, 0.25) is 0 Å². The van der Waals surface area contributed by atoms with E-state index in [4.69, 9.17) is 15.6 Å². The van der Waals surface area contributed by atoms with Crippen molar-refractivity contribution in [1.82, 2.24) is 0 Å². The normalized spacial score (nSPS) is 12.5. The van der Waals surface area contributed by atoms with Crippen LogP contribution >= 0.6 is 0 Å². The van der Waals surface area contributed by atoms with Crippen LogP contribution in [0.5, 0.6) is 5.75 Å². The molecule has 1 atom stereocenters. The van der Waals surface area contributed by atoms with Crippen LogP contribution in [0.4, 0.5) is 5.69 Å². The number of ether oxygens (including phenoxy) is 1. The Morgan fingerprint density at radius 1 is 1.50 bits per heavy atom. The Morgan fingerprint density at radius 2 is 2.17 bits per heavy atom. The number of nitrogens with two attached hydrogens (primary N) is 1. The van der Waals surface area contributed by atoms with Crippen molar-refractivity contribution in [3.05, 3.63) is 24.3 Å². The Hall–Kier alpha value is -1.22. The second kappa shape index (κ2) is 3.97. The maximum absolute atomic E-state index is 8.94. The number of anilines is 1. The third-order valence-corrected chi connectivity index (χ3v) is 1.40. The molecule has 1 aromatic rings. The molecule has 12 heavy (non-hydrogen) atoms. The highest BCUT2D eigenvalue weighted by Crippen LogP contribution is 2.19. The lowest BCUT2D eigenvalue weighted by atomic mass is 10.3. The highest BCUT2D eigenvalue weighted by atomic mass is 16.5. The fraction of sp³-hybridized carbons (Fsp3) is 0.333. The van der Waals surface area contributed by atoms with Crippen molar-refractivity contribution in [3.8, 4) is 5.75 Å².